The maximum atomic E-state index is 2.51. The van der Waals surface area contributed by atoms with Crippen molar-refractivity contribution in [1.29, 1.82) is 0 Å². The Hall–Kier alpha value is -0.617. The SMILES string of the molecule is CC[CH](CC1C=Cc2ccccc21)[Zr+2]1([CH](CC)CC2C=Cc3ccccc32)[CH2][CH2]1.[Cl-].[Cl-]. The number of halogens is 2. The van der Waals surface area contributed by atoms with Crippen molar-refractivity contribution in [2.75, 3.05) is 0 Å². The molecule has 31 heavy (non-hydrogen) atoms. The molecule has 1 aliphatic heterocycles. The number of hydrogen-bond donors (Lipinski definition) is 0. The standard InChI is InChI=1S/2C13H15.C2H4.2ClH.Zr/c2*1-2-3-6-11-9-10-12-7-4-5-8-13(11)12;1-2;;;/h2*3-5,7-11H,2,6H2,1H3;1-2H2;2*1H;/q;;;;;+2/p-2. The fourth-order valence-corrected chi connectivity index (χ4v) is 24.7. The van der Waals surface area contributed by atoms with E-state index in [0.717, 1.165) is 7.25 Å². The first-order chi connectivity index (χ1) is 14.2. The van der Waals surface area contributed by atoms with Gasteiger partial charge in [0.15, 0.2) is 0 Å². The van der Waals surface area contributed by atoms with Crippen molar-refractivity contribution in [2.45, 2.75) is 66.9 Å². The summed E-state index contributed by atoms with van der Waals surface area (Å²) in [4.78, 5) is 0. The van der Waals surface area contributed by atoms with Crippen LogP contribution in [0.15, 0.2) is 60.7 Å². The van der Waals surface area contributed by atoms with Crippen molar-refractivity contribution in [1.82, 2.24) is 0 Å². The molecule has 2 aromatic carbocycles. The zero-order valence-electron chi connectivity index (χ0n) is 18.7. The minimum Gasteiger partial charge on any atom is -1.00 e. The number of rotatable bonds is 8. The fourth-order valence-electron chi connectivity index (χ4n) is 6.58. The average Bonchev–Trinajstić information content (AvgIpc) is 3.30. The molecule has 1 fully saturated rings. The molecule has 0 amide bonds. The molecule has 0 saturated carbocycles. The molecule has 1 heterocycles. The van der Waals surface area contributed by atoms with Gasteiger partial charge < -0.3 is 24.8 Å². The number of fused-ring (bicyclic) bond motifs is 2. The van der Waals surface area contributed by atoms with Gasteiger partial charge in [0.2, 0.25) is 0 Å². The van der Waals surface area contributed by atoms with Crippen LogP contribution in [-0.2, 0) is 20.3 Å². The molecule has 3 heteroatoms. The van der Waals surface area contributed by atoms with Gasteiger partial charge in [-0.25, -0.2) is 0 Å². The topological polar surface area (TPSA) is 0 Å². The van der Waals surface area contributed by atoms with E-state index >= 15 is 0 Å². The Labute approximate surface area is 205 Å². The maximum Gasteiger partial charge on any atom is -1.00 e. The van der Waals surface area contributed by atoms with Crippen LogP contribution in [0.2, 0.25) is 15.5 Å². The van der Waals surface area contributed by atoms with Crippen LogP contribution in [-0.4, -0.2) is 0 Å². The Morgan fingerprint density at radius 2 is 1.13 bits per heavy atom. The van der Waals surface area contributed by atoms with Gasteiger partial charge in [-0.2, -0.15) is 0 Å². The van der Waals surface area contributed by atoms with Crippen molar-refractivity contribution < 1.29 is 45.1 Å². The summed E-state index contributed by atoms with van der Waals surface area (Å²) in [5.74, 6) is 1.35. The van der Waals surface area contributed by atoms with E-state index in [-0.39, 0.29) is 24.8 Å². The third-order valence-electron chi connectivity index (χ3n) is 8.32. The van der Waals surface area contributed by atoms with Crippen molar-refractivity contribution in [3.05, 3.63) is 82.9 Å². The Bertz CT molecular complexity index is 870. The minimum absolute atomic E-state index is 0. The molecule has 0 aromatic heterocycles. The first-order valence-corrected chi connectivity index (χ1v) is 18.1. The van der Waals surface area contributed by atoms with Crippen LogP contribution >= 0.6 is 0 Å². The Kier molecular flexibility index (Phi) is 8.51. The molecule has 3 aliphatic rings. The second-order valence-electron chi connectivity index (χ2n) is 9.60. The third kappa shape index (κ3) is 4.71. The number of hydrogen-bond acceptors (Lipinski definition) is 0. The monoisotopic (exact) mass is 530 g/mol. The molecular formula is C28H34Cl2Zr. The van der Waals surface area contributed by atoms with E-state index in [9.17, 15) is 0 Å². The summed E-state index contributed by atoms with van der Waals surface area (Å²) in [6.45, 7) is 4.98. The van der Waals surface area contributed by atoms with Gasteiger partial charge in [0, 0.05) is 0 Å². The van der Waals surface area contributed by atoms with Crippen LogP contribution in [0.5, 0.6) is 0 Å². The molecule has 164 valence electrons. The van der Waals surface area contributed by atoms with Crippen LogP contribution in [0.4, 0.5) is 0 Å². The van der Waals surface area contributed by atoms with Gasteiger partial charge in [-0.05, 0) is 0 Å². The summed E-state index contributed by atoms with van der Waals surface area (Å²) in [5.41, 5.74) is 6.11. The van der Waals surface area contributed by atoms with Gasteiger partial charge in [0.05, 0.1) is 0 Å². The Morgan fingerprint density at radius 1 is 0.710 bits per heavy atom. The molecule has 0 radical (unpaired) electrons. The molecule has 0 nitrogen and oxygen atoms in total. The van der Waals surface area contributed by atoms with Gasteiger partial charge in [0.25, 0.3) is 0 Å². The van der Waals surface area contributed by atoms with E-state index in [4.69, 9.17) is 0 Å². The van der Waals surface area contributed by atoms with Crippen LogP contribution in [0.25, 0.3) is 12.2 Å². The maximum absolute atomic E-state index is 2.51. The van der Waals surface area contributed by atoms with E-state index in [1.165, 1.54) is 36.8 Å². The molecule has 4 unspecified atom stereocenters. The Balaban J connectivity index is 0.00000136. The van der Waals surface area contributed by atoms with E-state index in [1.54, 1.807) is 19.4 Å². The third-order valence-corrected chi connectivity index (χ3v) is 23.6. The van der Waals surface area contributed by atoms with Crippen molar-refractivity contribution in [3.63, 3.8) is 0 Å². The van der Waals surface area contributed by atoms with E-state index in [0.29, 0.717) is 11.8 Å². The average molecular weight is 533 g/mol. The van der Waals surface area contributed by atoms with Crippen molar-refractivity contribution in [3.8, 4) is 0 Å². The number of benzene rings is 2. The summed E-state index contributed by atoms with van der Waals surface area (Å²) in [6.07, 6.45) is 15.4. The van der Waals surface area contributed by atoms with Gasteiger partial charge in [0.1, 0.15) is 0 Å². The molecule has 0 bridgehead atoms. The molecular weight excluding hydrogens is 498 g/mol. The van der Waals surface area contributed by atoms with Crippen molar-refractivity contribution in [2.24, 2.45) is 0 Å². The second kappa shape index (κ2) is 10.5. The predicted octanol–water partition coefficient (Wildman–Crippen LogP) is 2.80. The normalized spacial score (nSPS) is 22.3. The van der Waals surface area contributed by atoms with Gasteiger partial charge >= 0.3 is 182 Å². The van der Waals surface area contributed by atoms with E-state index in [2.05, 4.69) is 86.7 Å². The van der Waals surface area contributed by atoms with Crippen molar-refractivity contribution >= 4 is 12.2 Å². The van der Waals surface area contributed by atoms with Gasteiger partial charge in [-0.3, -0.25) is 0 Å². The van der Waals surface area contributed by atoms with Gasteiger partial charge in [-0.1, -0.05) is 0 Å². The zero-order valence-corrected chi connectivity index (χ0v) is 22.7. The molecule has 1 saturated heterocycles. The fraction of sp³-hybridized carbons (Fsp3) is 0.429. The number of allylic oxidation sites excluding steroid dienone is 2. The molecule has 0 spiro atoms. The first kappa shape index (κ1) is 25.0. The summed E-state index contributed by atoms with van der Waals surface area (Å²) in [7, 11) is 0. The van der Waals surface area contributed by atoms with Gasteiger partial charge in [-0.15, -0.1) is 0 Å². The summed E-state index contributed by atoms with van der Waals surface area (Å²) in [5, 5.41) is 0. The van der Waals surface area contributed by atoms with E-state index < -0.39 is 20.3 Å². The predicted molar refractivity (Wildman–Crippen MR) is 123 cm³/mol. The second-order valence-corrected chi connectivity index (χ2v) is 22.1. The summed E-state index contributed by atoms with van der Waals surface area (Å²) >= 11 is -2.05. The largest absolute Gasteiger partial charge is 1.00 e. The molecule has 2 aromatic rings. The van der Waals surface area contributed by atoms with Crippen LogP contribution in [0, 0.1) is 0 Å². The minimum atomic E-state index is -2.05. The quantitative estimate of drug-likeness (QED) is 0.491. The smallest absolute Gasteiger partial charge is 1.00 e. The van der Waals surface area contributed by atoms with Crippen LogP contribution in [0.1, 0.15) is 73.6 Å². The van der Waals surface area contributed by atoms with E-state index in [1.807, 2.05) is 0 Å². The molecule has 2 aliphatic carbocycles. The summed E-state index contributed by atoms with van der Waals surface area (Å²) < 4.78 is 5.41. The molecule has 5 rings (SSSR count). The summed E-state index contributed by atoms with van der Waals surface area (Å²) in [6, 6.07) is 18.2. The zero-order chi connectivity index (χ0) is 19.8. The first-order valence-electron chi connectivity index (χ1n) is 11.8. The Morgan fingerprint density at radius 3 is 1.52 bits per heavy atom. The molecule has 0 N–H and O–H groups in total. The molecule has 4 atom stereocenters. The van der Waals surface area contributed by atoms with Crippen LogP contribution in [0.3, 0.4) is 0 Å². The van der Waals surface area contributed by atoms with Crippen LogP contribution < -0.4 is 24.8 Å².